The van der Waals surface area contributed by atoms with Gasteiger partial charge in [-0.05, 0) is 25.1 Å². The molecule has 7 nitrogen and oxygen atoms in total. The molecule has 0 aliphatic carbocycles. The summed E-state index contributed by atoms with van der Waals surface area (Å²) in [7, 11) is 1.82. The Labute approximate surface area is 166 Å². The van der Waals surface area contributed by atoms with E-state index in [1.807, 2.05) is 19.2 Å². The standard InChI is InChI=1S/C18H24ClN5O2S/c1-4-6-9-24-16-15(17(25)21-18(24)26)22(3)14(20-16)11-23(5-2)10-12-7-8-13(19)27-12/h7-8H,4-6,9-11H2,1-3H3,(H,21,25,26). The number of aromatic nitrogens is 4. The number of unbranched alkanes of at least 4 members (excludes halogenated alkanes) is 1. The van der Waals surface area contributed by atoms with Crippen molar-refractivity contribution in [3.05, 3.63) is 48.0 Å². The van der Waals surface area contributed by atoms with Crippen molar-refractivity contribution in [2.45, 2.75) is 46.3 Å². The lowest BCUT2D eigenvalue weighted by Crippen LogP contribution is -2.31. The summed E-state index contributed by atoms with van der Waals surface area (Å²) >= 11 is 7.59. The predicted molar refractivity (Wildman–Crippen MR) is 110 cm³/mol. The SMILES string of the molecule is CCCCn1c(=O)[nH]c(=O)c2c1nc(CN(CC)Cc1ccc(Cl)s1)n2C. The lowest BCUT2D eigenvalue weighted by atomic mass is 10.3. The van der Waals surface area contributed by atoms with Crippen molar-refractivity contribution in [2.24, 2.45) is 7.05 Å². The molecule has 9 heteroatoms. The zero-order chi connectivity index (χ0) is 19.6. The van der Waals surface area contributed by atoms with Crippen LogP contribution in [0.15, 0.2) is 21.7 Å². The number of imidazole rings is 1. The Morgan fingerprint density at radius 2 is 2.04 bits per heavy atom. The van der Waals surface area contributed by atoms with Gasteiger partial charge < -0.3 is 4.57 Å². The maximum atomic E-state index is 12.4. The van der Waals surface area contributed by atoms with Gasteiger partial charge >= 0.3 is 5.69 Å². The molecule has 0 atom stereocenters. The second-order valence-electron chi connectivity index (χ2n) is 6.53. The van der Waals surface area contributed by atoms with Gasteiger partial charge in [0, 0.05) is 25.0 Å². The lowest BCUT2D eigenvalue weighted by Gasteiger charge is -2.19. The molecule has 0 saturated heterocycles. The van der Waals surface area contributed by atoms with Crippen LogP contribution in [0.1, 0.15) is 37.4 Å². The Morgan fingerprint density at radius 1 is 1.26 bits per heavy atom. The van der Waals surface area contributed by atoms with Crippen LogP contribution in [-0.4, -0.2) is 30.5 Å². The van der Waals surface area contributed by atoms with Crippen LogP contribution in [0, 0.1) is 0 Å². The molecule has 0 fully saturated rings. The van der Waals surface area contributed by atoms with Gasteiger partial charge in [0.25, 0.3) is 5.56 Å². The molecule has 0 amide bonds. The second kappa shape index (κ2) is 8.41. The molecule has 0 aliphatic rings. The highest BCUT2D eigenvalue weighted by molar-refractivity contribution is 7.16. The largest absolute Gasteiger partial charge is 0.330 e. The number of thiophene rings is 1. The van der Waals surface area contributed by atoms with E-state index in [9.17, 15) is 9.59 Å². The third kappa shape index (κ3) is 4.17. The van der Waals surface area contributed by atoms with Gasteiger partial charge in [0.2, 0.25) is 0 Å². The summed E-state index contributed by atoms with van der Waals surface area (Å²) in [6.07, 6.45) is 1.81. The highest BCUT2D eigenvalue weighted by Crippen LogP contribution is 2.23. The van der Waals surface area contributed by atoms with Crippen molar-refractivity contribution >= 4 is 34.1 Å². The number of rotatable bonds is 8. The molecular formula is C18H24ClN5O2S. The van der Waals surface area contributed by atoms with Crippen molar-refractivity contribution in [1.29, 1.82) is 0 Å². The summed E-state index contributed by atoms with van der Waals surface area (Å²) in [5.74, 6) is 0.760. The minimum Gasteiger partial charge on any atom is -0.324 e. The number of hydrogen-bond donors (Lipinski definition) is 1. The van der Waals surface area contributed by atoms with Crippen molar-refractivity contribution < 1.29 is 0 Å². The van der Waals surface area contributed by atoms with E-state index in [0.29, 0.717) is 24.3 Å². The van der Waals surface area contributed by atoms with E-state index in [1.165, 1.54) is 4.88 Å². The highest BCUT2D eigenvalue weighted by atomic mass is 35.5. The van der Waals surface area contributed by atoms with E-state index in [2.05, 4.69) is 28.7 Å². The zero-order valence-corrected chi connectivity index (χ0v) is 17.4. The number of fused-ring (bicyclic) bond motifs is 1. The van der Waals surface area contributed by atoms with Crippen molar-refractivity contribution in [2.75, 3.05) is 6.54 Å². The quantitative estimate of drug-likeness (QED) is 0.620. The average molecular weight is 410 g/mol. The van der Waals surface area contributed by atoms with Crippen molar-refractivity contribution in [1.82, 2.24) is 24.0 Å². The predicted octanol–water partition coefficient (Wildman–Crippen LogP) is 2.96. The Balaban J connectivity index is 1.96. The van der Waals surface area contributed by atoms with E-state index < -0.39 is 11.2 Å². The molecule has 146 valence electrons. The first-order valence-electron chi connectivity index (χ1n) is 9.09. The van der Waals surface area contributed by atoms with Crippen LogP contribution in [0.25, 0.3) is 11.2 Å². The first kappa shape index (κ1) is 19.9. The molecule has 1 N–H and O–H groups in total. The fourth-order valence-electron chi connectivity index (χ4n) is 3.09. The number of aromatic amines is 1. The molecule has 0 radical (unpaired) electrons. The first-order chi connectivity index (χ1) is 12.9. The highest BCUT2D eigenvalue weighted by Gasteiger charge is 2.18. The van der Waals surface area contributed by atoms with E-state index in [0.717, 1.165) is 36.1 Å². The average Bonchev–Trinajstić information content (AvgIpc) is 3.18. The van der Waals surface area contributed by atoms with Gasteiger partial charge in [-0.3, -0.25) is 19.2 Å². The molecule has 0 bridgehead atoms. The van der Waals surface area contributed by atoms with E-state index in [1.54, 1.807) is 20.5 Å². The van der Waals surface area contributed by atoms with E-state index >= 15 is 0 Å². The second-order valence-corrected chi connectivity index (χ2v) is 8.33. The third-order valence-corrected chi connectivity index (χ3v) is 5.88. The minimum atomic E-state index is -0.397. The monoisotopic (exact) mass is 409 g/mol. The molecule has 3 rings (SSSR count). The maximum absolute atomic E-state index is 12.4. The lowest BCUT2D eigenvalue weighted by molar-refractivity contribution is 0.264. The van der Waals surface area contributed by atoms with Gasteiger partial charge in [0.05, 0.1) is 10.9 Å². The van der Waals surface area contributed by atoms with Gasteiger partial charge in [-0.25, -0.2) is 9.78 Å². The molecule has 0 saturated carbocycles. The molecule has 3 aromatic heterocycles. The van der Waals surface area contributed by atoms with Crippen LogP contribution in [0.2, 0.25) is 4.34 Å². The van der Waals surface area contributed by atoms with Gasteiger partial charge in [-0.2, -0.15) is 0 Å². The third-order valence-electron chi connectivity index (χ3n) is 4.66. The molecule has 0 spiro atoms. The van der Waals surface area contributed by atoms with Crippen LogP contribution in [0.5, 0.6) is 0 Å². The molecule has 0 unspecified atom stereocenters. The molecule has 3 aromatic rings. The molecule has 27 heavy (non-hydrogen) atoms. The number of aryl methyl sites for hydroxylation is 2. The molecule has 3 heterocycles. The summed E-state index contributed by atoms with van der Waals surface area (Å²) in [4.78, 5) is 35.1. The van der Waals surface area contributed by atoms with Gasteiger partial charge in [0.15, 0.2) is 11.2 Å². The van der Waals surface area contributed by atoms with Crippen LogP contribution >= 0.6 is 22.9 Å². The molecular weight excluding hydrogens is 386 g/mol. The Kier molecular flexibility index (Phi) is 6.18. The van der Waals surface area contributed by atoms with E-state index in [4.69, 9.17) is 11.6 Å². The fraction of sp³-hybridized carbons (Fsp3) is 0.500. The molecule has 0 aromatic carbocycles. The number of halogens is 1. The van der Waals surface area contributed by atoms with Crippen LogP contribution in [-0.2, 0) is 26.7 Å². The first-order valence-corrected chi connectivity index (χ1v) is 10.3. The zero-order valence-electron chi connectivity index (χ0n) is 15.8. The Hall–Kier alpha value is -1.90. The summed E-state index contributed by atoms with van der Waals surface area (Å²) < 4.78 is 4.13. The molecule has 0 aliphatic heterocycles. The van der Waals surface area contributed by atoms with E-state index in [-0.39, 0.29) is 0 Å². The number of H-pyrrole nitrogens is 1. The van der Waals surface area contributed by atoms with Gasteiger partial charge in [-0.1, -0.05) is 31.9 Å². The Morgan fingerprint density at radius 3 is 2.67 bits per heavy atom. The number of hydrogen-bond acceptors (Lipinski definition) is 5. The maximum Gasteiger partial charge on any atom is 0.330 e. The van der Waals surface area contributed by atoms with Crippen molar-refractivity contribution in [3.63, 3.8) is 0 Å². The number of nitrogens with zero attached hydrogens (tertiary/aromatic N) is 4. The van der Waals surface area contributed by atoms with Gasteiger partial charge in [0.1, 0.15) is 5.82 Å². The topological polar surface area (TPSA) is 75.9 Å². The summed E-state index contributed by atoms with van der Waals surface area (Å²) in [5, 5.41) is 0. The minimum absolute atomic E-state index is 0.392. The van der Waals surface area contributed by atoms with Crippen LogP contribution < -0.4 is 11.2 Å². The van der Waals surface area contributed by atoms with Crippen LogP contribution in [0.3, 0.4) is 0 Å². The Bertz CT molecular complexity index is 1050. The number of nitrogens with one attached hydrogen (secondary N) is 1. The van der Waals surface area contributed by atoms with Gasteiger partial charge in [-0.15, -0.1) is 11.3 Å². The fourth-order valence-corrected chi connectivity index (χ4v) is 4.22. The van der Waals surface area contributed by atoms with Crippen molar-refractivity contribution in [3.8, 4) is 0 Å². The summed E-state index contributed by atoms with van der Waals surface area (Å²) in [6, 6.07) is 3.92. The smallest absolute Gasteiger partial charge is 0.324 e. The normalized spacial score (nSPS) is 11.7. The van der Waals surface area contributed by atoms with Crippen LogP contribution in [0.4, 0.5) is 0 Å². The summed E-state index contributed by atoms with van der Waals surface area (Å²) in [5.41, 5.74) is 0.115. The summed E-state index contributed by atoms with van der Waals surface area (Å²) in [6.45, 7) is 6.87.